The summed E-state index contributed by atoms with van der Waals surface area (Å²) >= 11 is 0. The standard InChI is InChI=1S/C20H23NO4/c1-12(2)25-17-8-6-5-7-13(17)14-10-20(22)21-16-11-19(24-4)18(23-3)9-15(14)16/h5-9,11-12,14H,10H2,1-4H3,(H,21,22)/t14-/m1/s1. The van der Waals surface area contributed by atoms with Crippen molar-refractivity contribution in [1.29, 1.82) is 0 Å². The van der Waals surface area contributed by atoms with Crippen LogP contribution in [0.2, 0.25) is 0 Å². The van der Waals surface area contributed by atoms with Gasteiger partial charge in [-0.05, 0) is 31.5 Å². The van der Waals surface area contributed by atoms with Gasteiger partial charge >= 0.3 is 0 Å². The molecule has 3 rings (SSSR count). The molecule has 25 heavy (non-hydrogen) atoms. The summed E-state index contributed by atoms with van der Waals surface area (Å²) in [5.74, 6) is 1.92. The number of carbonyl (C=O) groups excluding carboxylic acids is 1. The van der Waals surface area contributed by atoms with E-state index in [4.69, 9.17) is 14.2 Å². The van der Waals surface area contributed by atoms with E-state index in [1.807, 2.05) is 50.2 Å². The first-order chi connectivity index (χ1) is 12.0. The molecule has 1 N–H and O–H groups in total. The van der Waals surface area contributed by atoms with Gasteiger partial charge < -0.3 is 19.5 Å². The van der Waals surface area contributed by atoms with Gasteiger partial charge in [0.15, 0.2) is 11.5 Å². The van der Waals surface area contributed by atoms with Crippen molar-refractivity contribution >= 4 is 11.6 Å². The van der Waals surface area contributed by atoms with Gasteiger partial charge in [0.1, 0.15) is 5.75 Å². The van der Waals surface area contributed by atoms with Crippen LogP contribution < -0.4 is 19.5 Å². The summed E-state index contributed by atoms with van der Waals surface area (Å²) < 4.78 is 16.8. The van der Waals surface area contributed by atoms with Gasteiger partial charge in [-0.25, -0.2) is 0 Å². The zero-order valence-electron chi connectivity index (χ0n) is 15.0. The third kappa shape index (κ3) is 3.40. The van der Waals surface area contributed by atoms with Gasteiger partial charge in [-0.3, -0.25) is 4.79 Å². The lowest BCUT2D eigenvalue weighted by Crippen LogP contribution is -2.24. The van der Waals surface area contributed by atoms with Crippen LogP contribution in [-0.2, 0) is 4.79 Å². The number of amides is 1. The second-order valence-corrected chi connectivity index (χ2v) is 6.30. The van der Waals surface area contributed by atoms with Gasteiger partial charge in [-0.2, -0.15) is 0 Å². The Morgan fingerprint density at radius 2 is 1.68 bits per heavy atom. The molecule has 1 atom stereocenters. The van der Waals surface area contributed by atoms with Gasteiger partial charge in [0.2, 0.25) is 5.91 Å². The zero-order chi connectivity index (χ0) is 18.0. The molecule has 2 aromatic rings. The minimum Gasteiger partial charge on any atom is -0.493 e. The zero-order valence-corrected chi connectivity index (χ0v) is 15.0. The molecule has 0 radical (unpaired) electrons. The Kier molecular flexibility index (Phi) is 4.83. The number of fused-ring (bicyclic) bond motifs is 1. The number of nitrogens with one attached hydrogen (secondary N) is 1. The van der Waals surface area contributed by atoms with Gasteiger partial charge in [0.05, 0.1) is 20.3 Å². The lowest BCUT2D eigenvalue weighted by atomic mass is 9.84. The average molecular weight is 341 g/mol. The second kappa shape index (κ2) is 7.05. The maximum Gasteiger partial charge on any atom is 0.225 e. The molecule has 5 nitrogen and oxygen atoms in total. The number of carbonyl (C=O) groups is 1. The number of hydrogen-bond donors (Lipinski definition) is 1. The molecule has 1 amide bonds. The fraction of sp³-hybridized carbons (Fsp3) is 0.350. The molecule has 0 spiro atoms. The number of ether oxygens (including phenoxy) is 3. The molecule has 0 bridgehead atoms. The normalized spacial score (nSPS) is 16.2. The van der Waals surface area contributed by atoms with E-state index in [9.17, 15) is 4.79 Å². The Morgan fingerprint density at radius 3 is 2.36 bits per heavy atom. The van der Waals surface area contributed by atoms with E-state index in [1.54, 1.807) is 14.2 Å². The van der Waals surface area contributed by atoms with Gasteiger partial charge in [-0.15, -0.1) is 0 Å². The molecular weight excluding hydrogens is 318 g/mol. The van der Waals surface area contributed by atoms with E-state index < -0.39 is 0 Å². The van der Waals surface area contributed by atoms with Crippen LogP contribution in [0, 0.1) is 0 Å². The van der Waals surface area contributed by atoms with Crippen LogP contribution in [0.25, 0.3) is 0 Å². The lowest BCUT2D eigenvalue weighted by Gasteiger charge is -2.28. The molecule has 2 aromatic carbocycles. The molecule has 132 valence electrons. The Morgan fingerprint density at radius 1 is 1.00 bits per heavy atom. The number of rotatable bonds is 5. The lowest BCUT2D eigenvalue weighted by molar-refractivity contribution is -0.116. The number of hydrogen-bond acceptors (Lipinski definition) is 4. The molecule has 0 unspecified atom stereocenters. The highest BCUT2D eigenvalue weighted by molar-refractivity contribution is 5.96. The number of benzene rings is 2. The number of anilines is 1. The first-order valence-corrected chi connectivity index (χ1v) is 8.34. The Hall–Kier alpha value is -2.69. The highest BCUT2D eigenvalue weighted by Crippen LogP contribution is 2.45. The van der Waals surface area contributed by atoms with Crippen LogP contribution in [0.15, 0.2) is 36.4 Å². The Balaban J connectivity index is 2.12. The molecule has 1 aliphatic heterocycles. The van der Waals surface area contributed by atoms with E-state index in [0.717, 1.165) is 22.6 Å². The average Bonchev–Trinajstić information content (AvgIpc) is 2.59. The summed E-state index contributed by atoms with van der Waals surface area (Å²) in [6.45, 7) is 3.98. The first-order valence-electron chi connectivity index (χ1n) is 8.34. The summed E-state index contributed by atoms with van der Waals surface area (Å²) in [5, 5.41) is 2.93. The minimum atomic E-state index is -0.0986. The van der Waals surface area contributed by atoms with Crippen molar-refractivity contribution in [3.63, 3.8) is 0 Å². The molecule has 1 heterocycles. The minimum absolute atomic E-state index is 0.0240. The van der Waals surface area contributed by atoms with Crippen LogP contribution in [-0.4, -0.2) is 26.2 Å². The van der Waals surface area contributed by atoms with Crippen LogP contribution in [0.3, 0.4) is 0 Å². The third-order valence-electron chi connectivity index (χ3n) is 4.25. The summed E-state index contributed by atoms with van der Waals surface area (Å²) in [7, 11) is 3.19. The summed E-state index contributed by atoms with van der Waals surface area (Å²) in [5.41, 5.74) is 2.75. The predicted octanol–water partition coefficient (Wildman–Crippen LogP) is 3.97. The van der Waals surface area contributed by atoms with Gasteiger partial charge in [0.25, 0.3) is 0 Å². The maximum atomic E-state index is 12.3. The number of methoxy groups -OCH3 is 2. The van der Waals surface area contributed by atoms with Crippen LogP contribution in [0.5, 0.6) is 17.2 Å². The molecule has 0 aromatic heterocycles. The first kappa shape index (κ1) is 17.1. The summed E-state index contributed by atoms with van der Waals surface area (Å²) in [6.07, 6.45) is 0.421. The molecule has 0 saturated carbocycles. The van der Waals surface area contributed by atoms with Crippen LogP contribution in [0.1, 0.15) is 37.3 Å². The number of para-hydroxylation sites is 1. The van der Waals surface area contributed by atoms with E-state index in [2.05, 4.69) is 5.32 Å². The third-order valence-corrected chi connectivity index (χ3v) is 4.25. The van der Waals surface area contributed by atoms with Crippen molar-refractivity contribution < 1.29 is 19.0 Å². The molecular formula is C20H23NO4. The van der Waals surface area contributed by atoms with E-state index in [0.29, 0.717) is 17.9 Å². The molecule has 0 aliphatic carbocycles. The van der Waals surface area contributed by atoms with Crippen LogP contribution in [0.4, 0.5) is 5.69 Å². The van der Waals surface area contributed by atoms with E-state index in [1.165, 1.54) is 0 Å². The van der Waals surface area contributed by atoms with Crippen molar-refractivity contribution in [3.8, 4) is 17.2 Å². The fourth-order valence-electron chi connectivity index (χ4n) is 3.20. The SMILES string of the molecule is COc1cc2c(cc1OC)[C@@H](c1ccccc1OC(C)C)CC(=O)N2. The Labute approximate surface area is 147 Å². The Bertz CT molecular complexity index is 785. The topological polar surface area (TPSA) is 56.8 Å². The van der Waals surface area contributed by atoms with Crippen LogP contribution >= 0.6 is 0 Å². The fourth-order valence-corrected chi connectivity index (χ4v) is 3.20. The smallest absolute Gasteiger partial charge is 0.225 e. The maximum absolute atomic E-state index is 12.3. The highest BCUT2D eigenvalue weighted by atomic mass is 16.5. The van der Waals surface area contributed by atoms with Crippen molar-refractivity contribution in [2.45, 2.75) is 32.3 Å². The quantitative estimate of drug-likeness (QED) is 0.894. The van der Waals surface area contributed by atoms with E-state index in [-0.39, 0.29) is 17.9 Å². The molecule has 5 heteroatoms. The largest absolute Gasteiger partial charge is 0.493 e. The van der Waals surface area contributed by atoms with Crippen molar-refractivity contribution in [2.75, 3.05) is 19.5 Å². The predicted molar refractivity (Wildman–Crippen MR) is 96.8 cm³/mol. The second-order valence-electron chi connectivity index (χ2n) is 6.30. The summed E-state index contributed by atoms with van der Waals surface area (Å²) in [4.78, 5) is 12.3. The van der Waals surface area contributed by atoms with E-state index >= 15 is 0 Å². The van der Waals surface area contributed by atoms with Crippen molar-refractivity contribution in [3.05, 3.63) is 47.5 Å². The molecule has 0 fully saturated rings. The monoisotopic (exact) mass is 341 g/mol. The molecule has 0 saturated heterocycles. The van der Waals surface area contributed by atoms with Crippen molar-refractivity contribution in [1.82, 2.24) is 0 Å². The van der Waals surface area contributed by atoms with Gasteiger partial charge in [-0.1, -0.05) is 18.2 Å². The van der Waals surface area contributed by atoms with Crippen molar-refractivity contribution in [2.24, 2.45) is 0 Å². The summed E-state index contributed by atoms with van der Waals surface area (Å²) in [6, 6.07) is 11.6. The molecule has 1 aliphatic rings. The van der Waals surface area contributed by atoms with Gasteiger partial charge in [0, 0.05) is 29.7 Å². The highest BCUT2D eigenvalue weighted by Gasteiger charge is 2.30.